The van der Waals surface area contributed by atoms with Crippen LogP contribution in [-0.2, 0) is 21.6 Å². The summed E-state index contributed by atoms with van der Waals surface area (Å²) in [5.74, 6) is -0.764. The fourth-order valence-corrected chi connectivity index (χ4v) is 3.82. The Morgan fingerprint density at radius 1 is 1.32 bits per heavy atom. The standard InChI is InChI=1S/C13H15N3O5S/c17-12-11-10(16(12)22(19,20)21)6-7-15(11)13(18)14-8-9-4-2-1-3-5-9/h1-5,10-11H,6-8H2,(H,14,18)(H,19,20,21)/t10-,11+/m1/s1. The van der Waals surface area contributed by atoms with E-state index in [9.17, 15) is 18.0 Å². The molecule has 0 aromatic heterocycles. The first kappa shape index (κ1) is 14.8. The number of nitrogens with one attached hydrogen (secondary N) is 1. The molecule has 118 valence electrons. The Kier molecular flexibility index (Phi) is 3.53. The van der Waals surface area contributed by atoms with Gasteiger partial charge in [0.1, 0.15) is 6.04 Å². The minimum absolute atomic E-state index is 0.272. The molecule has 9 heteroatoms. The molecule has 2 fully saturated rings. The fraction of sp³-hybridized carbons (Fsp3) is 0.385. The van der Waals surface area contributed by atoms with Gasteiger partial charge in [0.2, 0.25) is 0 Å². The summed E-state index contributed by atoms with van der Waals surface area (Å²) in [6, 6.07) is 7.42. The summed E-state index contributed by atoms with van der Waals surface area (Å²) in [5.41, 5.74) is 0.922. The van der Waals surface area contributed by atoms with Gasteiger partial charge in [-0.15, -0.1) is 0 Å². The maximum atomic E-state index is 12.1. The molecule has 8 nitrogen and oxygen atoms in total. The molecular formula is C13H15N3O5S. The highest BCUT2D eigenvalue weighted by Gasteiger charge is 2.59. The van der Waals surface area contributed by atoms with Crippen molar-refractivity contribution in [2.45, 2.75) is 25.0 Å². The number of fused-ring (bicyclic) bond motifs is 1. The lowest BCUT2D eigenvalue weighted by Gasteiger charge is -2.42. The van der Waals surface area contributed by atoms with E-state index in [0.717, 1.165) is 5.56 Å². The van der Waals surface area contributed by atoms with Crippen molar-refractivity contribution >= 4 is 22.2 Å². The Labute approximate surface area is 127 Å². The number of hydrogen-bond acceptors (Lipinski definition) is 4. The molecule has 2 heterocycles. The van der Waals surface area contributed by atoms with Gasteiger partial charge in [0.05, 0.1) is 6.04 Å². The second-order valence-corrected chi connectivity index (χ2v) is 6.54. The summed E-state index contributed by atoms with van der Waals surface area (Å²) >= 11 is 0. The van der Waals surface area contributed by atoms with Crippen molar-refractivity contribution in [2.75, 3.05) is 6.54 Å². The number of β-lactam (4-membered cyclic amide) rings is 1. The van der Waals surface area contributed by atoms with Gasteiger partial charge in [-0.2, -0.15) is 8.42 Å². The van der Waals surface area contributed by atoms with Crippen LogP contribution in [-0.4, -0.2) is 52.7 Å². The zero-order valence-corrected chi connectivity index (χ0v) is 12.4. The molecule has 2 atom stereocenters. The number of urea groups is 1. The Hall–Kier alpha value is -2.13. The Morgan fingerprint density at radius 2 is 2.00 bits per heavy atom. The number of carbonyl (C=O) groups is 2. The average molecular weight is 325 g/mol. The van der Waals surface area contributed by atoms with Gasteiger partial charge in [-0.05, 0) is 12.0 Å². The molecule has 1 aromatic rings. The highest BCUT2D eigenvalue weighted by Crippen LogP contribution is 2.35. The third kappa shape index (κ3) is 2.42. The molecule has 3 rings (SSSR count). The van der Waals surface area contributed by atoms with E-state index in [4.69, 9.17) is 4.55 Å². The first-order valence-electron chi connectivity index (χ1n) is 6.78. The van der Waals surface area contributed by atoms with Crippen LogP contribution in [0.15, 0.2) is 30.3 Å². The first-order chi connectivity index (χ1) is 10.4. The molecule has 0 spiro atoms. The van der Waals surface area contributed by atoms with Crippen molar-refractivity contribution in [1.82, 2.24) is 14.5 Å². The van der Waals surface area contributed by atoms with Crippen molar-refractivity contribution in [1.29, 1.82) is 0 Å². The normalized spacial score (nSPS) is 24.0. The van der Waals surface area contributed by atoms with Crippen molar-refractivity contribution in [2.24, 2.45) is 0 Å². The zero-order chi connectivity index (χ0) is 15.9. The van der Waals surface area contributed by atoms with E-state index in [0.29, 0.717) is 17.3 Å². The van der Waals surface area contributed by atoms with E-state index in [-0.39, 0.29) is 6.54 Å². The SMILES string of the molecule is O=C(NCc1ccccc1)N1CC[C@@H]2[C@H]1C(=O)N2S(=O)(=O)O. The third-order valence-electron chi connectivity index (χ3n) is 3.93. The van der Waals surface area contributed by atoms with Gasteiger partial charge in [-0.3, -0.25) is 9.35 Å². The maximum Gasteiger partial charge on any atom is 0.362 e. The topological polar surface area (TPSA) is 107 Å². The van der Waals surface area contributed by atoms with Gasteiger partial charge in [-0.25, -0.2) is 9.10 Å². The van der Waals surface area contributed by atoms with Crippen molar-refractivity contribution in [3.05, 3.63) is 35.9 Å². The van der Waals surface area contributed by atoms with E-state index in [2.05, 4.69) is 5.32 Å². The lowest BCUT2D eigenvalue weighted by molar-refractivity contribution is -0.143. The van der Waals surface area contributed by atoms with Gasteiger partial charge < -0.3 is 10.2 Å². The van der Waals surface area contributed by atoms with Crippen molar-refractivity contribution < 1.29 is 22.6 Å². The quantitative estimate of drug-likeness (QED) is 0.600. The smallest absolute Gasteiger partial charge is 0.334 e. The molecule has 2 N–H and O–H groups in total. The number of carbonyl (C=O) groups excluding carboxylic acids is 2. The molecule has 3 amide bonds. The Bertz CT molecular complexity index is 706. The summed E-state index contributed by atoms with van der Waals surface area (Å²) in [6.45, 7) is 0.595. The van der Waals surface area contributed by atoms with Crippen molar-refractivity contribution in [3.63, 3.8) is 0 Å². The summed E-state index contributed by atoms with van der Waals surface area (Å²) in [5, 5.41) is 2.70. The van der Waals surface area contributed by atoms with Gasteiger partial charge in [0.25, 0.3) is 5.91 Å². The van der Waals surface area contributed by atoms with Crippen molar-refractivity contribution in [3.8, 4) is 0 Å². The number of amides is 3. The number of likely N-dealkylation sites (tertiary alicyclic amines) is 1. The fourth-order valence-electron chi connectivity index (χ4n) is 2.92. The van der Waals surface area contributed by atoms with E-state index in [1.807, 2.05) is 30.3 Å². The molecule has 2 saturated heterocycles. The second-order valence-electron chi connectivity index (χ2n) is 5.25. The highest BCUT2D eigenvalue weighted by molar-refractivity contribution is 7.84. The Balaban J connectivity index is 1.63. The predicted octanol–water partition coefficient (Wildman–Crippen LogP) is -0.0159. The van der Waals surface area contributed by atoms with Crippen LogP contribution in [0, 0.1) is 0 Å². The summed E-state index contributed by atoms with van der Waals surface area (Å²) < 4.78 is 31.6. The van der Waals surface area contributed by atoms with E-state index < -0.39 is 34.3 Å². The van der Waals surface area contributed by atoms with Crippen LogP contribution in [0.4, 0.5) is 4.79 Å². The number of nitrogens with zero attached hydrogens (tertiary/aromatic N) is 2. The van der Waals surface area contributed by atoms with Crippen LogP contribution >= 0.6 is 0 Å². The van der Waals surface area contributed by atoms with Gasteiger partial charge >= 0.3 is 16.3 Å². The molecule has 0 bridgehead atoms. The number of benzene rings is 1. The minimum atomic E-state index is -4.55. The Morgan fingerprint density at radius 3 is 2.64 bits per heavy atom. The molecule has 22 heavy (non-hydrogen) atoms. The lowest BCUT2D eigenvalue weighted by atomic mass is 10.0. The molecule has 0 aliphatic carbocycles. The average Bonchev–Trinajstić information content (AvgIpc) is 2.83. The largest absolute Gasteiger partial charge is 0.362 e. The van der Waals surface area contributed by atoms with E-state index in [1.54, 1.807) is 0 Å². The number of hydrogen-bond donors (Lipinski definition) is 2. The van der Waals surface area contributed by atoms with Crippen LogP contribution in [0.25, 0.3) is 0 Å². The molecule has 0 radical (unpaired) electrons. The monoisotopic (exact) mass is 325 g/mol. The molecule has 1 aromatic carbocycles. The molecule has 0 unspecified atom stereocenters. The minimum Gasteiger partial charge on any atom is -0.334 e. The van der Waals surface area contributed by atoms with E-state index >= 15 is 0 Å². The van der Waals surface area contributed by atoms with Crippen LogP contribution < -0.4 is 5.32 Å². The predicted molar refractivity (Wildman–Crippen MR) is 76.0 cm³/mol. The van der Waals surface area contributed by atoms with Gasteiger partial charge in [-0.1, -0.05) is 30.3 Å². The second kappa shape index (κ2) is 5.25. The highest BCUT2D eigenvalue weighted by atomic mass is 32.2. The lowest BCUT2D eigenvalue weighted by Crippen LogP contribution is -2.68. The molecule has 2 aliphatic heterocycles. The number of rotatable bonds is 3. The third-order valence-corrected chi connectivity index (χ3v) is 4.88. The van der Waals surface area contributed by atoms with Crippen LogP contribution in [0.5, 0.6) is 0 Å². The van der Waals surface area contributed by atoms with E-state index in [1.165, 1.54) is 4.90 Å². The summed E-state index contributed by atoms with van der Waals surface area (Å²) in [6.07, 6.45) is 0.328. The maximum absolute atomic E-state index is 12.1. The molecular weight excluding hydrogens is 310 g/mol. The van der Waals surface area contributed by atoms with Crippen LogP contribution in [0.3, 0.4) is 0 Å². The zero-order valence-electron chi connectivity index (χ0n) is 11.5. The molecule has 2 aliphatic rings. The molecule has 0 saturated carbocycles. The van der Waals surface area contributed by atoms with Gasteiger partial charge in [0.15, 0.2) is 0 Å². The van der Waals surface area contributed by atoms with Crippen LogP contribution in [0.2, 0.25) is 0 Å². The summed E-state index contributed by atoms with van der Waals surface area (Å²) in [7, 11) is -4.55. The summed E-state index contributed by atoms with van der Waals surface area (Å²) in [4.78, 5) is 25.3. The first-order valence-corrected chi connectivity index (χ1v) is 8.18. The van der Waals surface area contributed by atoms with Crippen LogP contribution in [0.1, 0.15) is 12.0 Å². The van der Waals surface area contributed by atoms with Gasteiger partial charge in [0, 0.05) is 13.1 Å².